The molecule has 0 spiro atoms. The normalized spacial score (nSPS) is 10.1. The third kappa shape index (κ3) is 2.48. The molecule has 2 aromatic heterocycles. The molecule has 2 N–H and O–H groups in total. The highest BCUT2D eigenvalue weighted by molar-refractivity contribution is 5.46. The van der Waals surface area contributed by atoms with Crippen molar-refractivity contribution in [2.45, 2.75) is 13.5 Å². The molecule has 0 aliphatic heterocycles. The molecule has 82 valence electrons. The zero-order valence-corrected chi connectivity index (χ0v) is 9.01. The van der Waals surface area contributed by atoms with Gasteiger partial charge in [-0.3, -0.25) is 9.97 Å². The fraction of sp³-hybridized carbons (Fsp3) is 0.167. The van der Waals surface area contributed by atoms with Crippen LogP contribution >= 0.6 is 0 Å². The second-order valence-corrected chi connectivity index (χ2v) is 3.50. The lowest BCUT2D eigenvalue weighted by molar-refractivity contribution is 0.472. The summed E-state index contributed by atoms with van der Waals surface area (Å²) in [6.45, 7) is 2.57. The molecule has 2 heterocycles. The Morgan fingerprint density at radius 1 is 1.25 bits per heavy atom. The van der Waals surface area contributed by atoms with Crippen LogP contribution in [0.1, 0.15) is 11.4 Å². The van der Waals surface area contributed by atoms with Gasteiger partial charge in [-0.15, -0.1) is 0 Å². The van der Waals surface area contributed by atoms with Crippen LogP contribution in [0.2, 0.25) is 0 Å². The molecule has 0 atom stereocenters. The Kier molecular flexibility index (Phi) is 3.00. The van der Waals surface area contributed by atoms with E-state index >= 15 is 0 Å². The van der Waals surface area contributed by atoms with Crippen LogP contribution in [-0.4, -0.2) is 15.1 Å². The van der Waals surface area contributed by atoms with E-state index in [1.54, 1.807) is 18.3 Å². The maximum atomic E-state index is 9.09. The summed E-state index contributed by atoms with van der Waals surface area (Å²) in [4.78, 5) is 8.27. The van der Waals surface area contributed by atoms with Crippen LogP contribution in [0.3, 0.4) is 0 Å². The molecule has 0 bridgehead atoms. The molecule has 0 amide bonds. The molecule has 16 heavy (non-hydrogen) atoms. The lowest BCUT2D eigenvalue weighted by atomic mass is 10.3. The number of aromatic nitrogens is 2. The van der Waals surface area contributed by atoms with E-state index in [1.807, 2.05) is 19.1 Å². The summed E-state index contributed by atoms with van der Waals surface area (Å²) >= 11 is 0. The van der Waals surface area contributed by atoms with Crippen molar-refractivity contribution in [1.29, 1.82) is 0 Å². The predicted molar refractivity (Wildman–Crippen MR) is 62.2 cm³/mol. The van der Waals surface area contributed by atoms with E-state index < -0.39 is 0 Å². The molecule has 0 saturated heterocycles. The second kappa shape index (κ2) is 4.61. The first-order valence-corrected chi connectivity index (χ1v) is 5.05. The number of hydrogen-bond acceptors (Lipinski definition) is 4. The van der Waals surface area contributed by atoms with Crippen molar-refractivity contribution in [2.24, 2.45) is 0 Å². The highest BCUT2D eigenvalue weighted by Crippen LogP contribution is 2.12. The van der Waals surface area contributed by atoms with Crippen molar-refractivity contribution < 1.29 is 5.11 Å². The van der Waals surface area contributed by atoms with Gasteiger partial charge in [-0.25, -0.2) is 0 Å². The molecule has 0 radical (unpaired) electrons. The number of rotatable bonds is 3. The van der Waals surface area contributed by atoms with Gasteiger partial charge in [-0.05, 0) is 31.2 Å². The van der Waals surface area contributed by atoms with Crippen molar-refractivity contribution in [3.63, 3.8) is 0 Å². The molecule has 0 fully saturated rings. The van der Waals surface area contributed by atoms with Crippen molar-refractivity contribution in [3.8, 4) is 5.75 Å². The van der Waals surface area contributed by atoms with Gasteiger partial charge in [-0.1, -0.05) is 0 Å². The number of pyridine rings is 2. The van der Waals surface area contributed by atoms with Crippen LogP contribution in [0, 0.1) is 6.92 Å². The highest BCUT2D eigenvalue weighted by Gasteiger charge is 1.98. The minimum atomic E-state index is 0.182. The summed E-state index contributed by atoms with van der Waals surface area (Å²) in [6, 6.07) is 7.27. The van der Waals surface area contributed by atoms with Crippen molar-refractivity contribution in [3.05, 3.63) is 48.0 Å². The van der Waals surface area contributed by atoms with E-state index in [0.29, 0.717) is 6.54 Å². The first kappa shape index (κ1) is 10.4. The zero-order chi connectivity index (χ0) is 11.4. The van der Waals surface area contributed by atoms with Crippen molar-refractivity contribution in [2.75, 3.05) is 5.32 Å². The summed E-state index contributed by atoms with van der Waals surface area (Å²) < 4.78 is 0. The number of nitrogens with zero attached hydrogens (tertiary/aromatic N) is 2. The van der Waals surface area contributed by atoms with Gasteiger partial charge in [0.2, 0.25) is 0 Å². The number of aromatic hydroxyl groups is 1. The molecule has 0 aromatic carbocycles. The average Bonchev–Trinajstić information content (AvgIpc) is 2.30. The Balaban J connectivity index is 2.02. The third-order valence-electron chi connectivity index (χ3n) is 2.28. The minimum Gasteiger partial charge on any atom is -0.506 e. The van der Waals surface area contributed by atoms with Crippen LogP contribution in [0.5, 0.6) is 5.75 Å². The molecular formula is C12H13N3O. The fourth-order valence-corrected chi connectivity index (χ4v) is 1.38. The summed E-state index contributed by atoms with van der Waals surface area (Å²) in [5.41, 5.74) is 2.83. The molecule has 0 unspecified atom stereocenters. The maximum Gasteiger partial charge on any atom is 0.133 e. The molecule has 0 aliphatic rings. The summed E-state index contributed by atoms with van der Waals surface area (Å²) in [5.74, 6) is 0.182. The Morgan fingerprint density at radius 2 is 2.12 bits per heavy atom. The van der Waals surface area contributed by atoms with Gasteiger partial charge < -0.3 is 10.4 Å². The molecule has 4 nitrogen and oxygen atoms in total. The van der Waals surface area contributed by atoms with E-state index in [9.17, 15) is 0 Å². The molecule has 4 heteroatoms. The number of aryl methyl sites for hydroxylation is 1. The Hall–Kier alpha value is -2.10. The van der Waals surface area contributed by atoms with E-state index in [2.05, 4.69) is 15.3 Å². The maximum absolute atomic E-state index is 9.09. The van der Waals surface area contributed by atoms with Gasteiger partial charge in [0.1, 0.15) is 5.75 Å². The van der Waals surface area contributed by atoms with Crippen LogP contribution in [0.15, 0.2) is 36.7 Å². The van der Waals surface area contributed by atoms with Gasteiger partial charge in [0.05, 0.1) is 29.8 Å². The molecule has 2 aromatic rings. The first-order valence-electron chi connectivity index (χ1n) is 5.05. The van der Waals surface area contributed by atoms with Crippen LogP contribution in [0.25, 0.3) is 0 Å². The van der Waals surface area contributed by atoms with Crippen molar-refractivity contribution in [1.82, 2.24) is 9.97 Å². The number of hydrogen-bond donors (Lipinski definition) is 2. The van der Waals surface area contributed by atoms with E-state index in [-0.39, 0.29) is 5.75 Å². The fourth-order valence-electron chi connectivity index (χ4n) is 1.38. The Labute approximate surface area is 94.0 Å². The summed E-state index contributed by atoms with van der Waals surface area (Å²) in [6.07, 6.45) is 3.20. The lowest BCUT2D eigenvalue weighted by Crippen LogP contribution is -2.03. The SMILES string of the molecule is Cc1ncccc1NCc1ccc(O)cn1. The van der Waals surface area contributed by atoms with Crippen LogP contribution in [-0.2, 0) is 6.54 Å². The van der Waals surface area contributed by atoms with Gasteiger partial charge in [0.25, 0.3) is 0 Å². The van der Waals surface area contributed by atoms with Gasteiger partial charge in [0.15, 0.2) is 0 Å². The van der Waals surface area contributed by atoms with Gasteiger partial charge in [-0.2, -0.15) is 0 Å². The molecule has 0 saturated carbocycles. The number of nitrogens with one attached hydrogen (secondary N) is 1. The molecule has 0 aliphatic carbocycles. The standard InChI is InChI=1S/C12H13N3O/c1-9-12(3-2-6-13-9)15-7-10-4-5-11(16)8-14-10/h2-6,8,15-16H,7H2,1H3. The highest BCUT2D eigenvalue weighted by atomic mass is 16.3. The van der Waals surface area contributed by atoms with Gasteiger partial charge in [0, 0.05) is 6.20 Å². The van der Waals surface area contributed by atoms with Crippen LogP contribution in [0.4, 0.5) is 5.69 Å². The van der Waals surface area contributed by atoms with Crippen molar-refractivity contribution >= 4 is 5.69 Å². The predicted octanol–water partition coefficient (Wildman–Crippen LogP) is 2.10. The Morgan fingerprint density at radius 3 is 2.81 bits per heavy atom. The van der Waals surface area contributed by atoms with E-state index in [4.69, 9.17) is 5.11 Å². The Bertz CT molecular complexity index is 468. The molecule has 2 rings (SSSR count). The van der Waals surface area contributed by atoms with Gasteiger partial charge >= 0.3 is 0 Å². The van der Waals surface area contributed by atoms with Crippen LogP contribution < -0.4 is 5.32 Å². The smallest absolute Gasteiger partial charge is 0.133 e. The summed E-state index contributed by atoms with van der Waals surface area (Å²) in [5, 5.41) is 12.3. The average molecular weight is 215 g/mol. The zero-order valence-electron chi connectivity index (χ0n) is 9.01. The second-order valence-electron chi connectivity index (χ2n) is 3.50. The molecular weight excluding hydrogens is 202 g/mol. The third-order valence-corrected chi connectivity index (χ3v) is 2.28. The van der Waals surface area contributed by atoms with E-state index in [0.717, 1.165) is 17.1 Å². The van der Waals surface area contributed by atoms with E-state index in [1.165, 1.54) is 6.20 Å². The minimum absolute atomic E-state index is 0.182. The monoisotopic (exact) mass is 215 g/mol. The lowest BCUT2D eigenvalue weighted by Gasteiger charge is -2.07. The largest absolute Gasteiger partial charge is 0.506 e. The summed E-state index contributed by atoms with van der Waals surface area (Å²) in [7, 11) is 0. The topological polar surface area (TPSA) is 58.0 Å². The number of anilines is 1. The quantitative estimate of drug-likeness (QED) is 0.823. The first-order chi connectivity index (χ1) is 7.75.